The van der Waals surface area contributed by atoms with Crippen molar-refractivity contribution in [3.63, 3.8) is 0 Å². The minimum Gasteiger partial charge on any atom is -0.490 e. The summed E-state index contributed by atoms with van der Waals surface area (Å²) in [6, 6.07) is 19.6. The highest BCUT2D eigenvalue weighted by Gasteiger charge is 2.32. The van der Waals surface area contributed by atoms with E-state index in [2.05, 4.69) is 10.6 Å². The van der Waals surface area contributed by atoms with Crippen LogP contribution in [0.15, 0.2) is 77.7 Å². The fourth-order valence-electron chi connectivity index (χ4n) is 5.52. The number of hydrogen-bond acceptors (Lipinski definition) is 7. The monoisotopic (exact) mass is 680 g/mol. The molecule has 3 amide bonds. The molecule has 0 unspecified atom stereocenters. The third kappa shape index (κ3) is 9.79. The zero-order valence-corrected chi connectivity index (χ0v) is 29.2. The topological polar surface area (TPSA) is 138 Å². The number of amides is 3. The Hall–Kier alpha value is -3.97. The van der Waals surface area contributed by atoms with Crippen LogP contribution in [0.1, 0.15) is 56.0 Å². The molecular formula is C36H48N4O7S. The van der Waals surface area contributed by atoms with Crippen LogP contribution in [0, 0.1) is 12.8 Å². The molecule has 260 valence electrons. The molecule has 0 fully saturated rings. The second kappa shape index (κ2) is 16.9. The van der Waals surface area contributed by atoms with E-state index in [1.807, 2.05) is 39.0 Å². The molecule has 4 rings (SSSR count). The molecule has 0 aromatic heterocycles. The molecule has 1 heterocycles. The second-order valence-corrected chi connectivity index (χ2v) is 14.6. The van der Waals surface area contributed by atoms with E-state index in [1.54, 1.807) is 66.4 Å². The Morgan fingerprint density at radius 3 is 2.40 bits per heavy atom. The maximum atomic E-state index is 14.3. The number of nitrogens with one attached hydrogen (secondary N) is 2. The molecule has 3 aromatic rings. The Bertz CT molecular complexity index is 1620. The summed E-state index contributed by atoms with van der Waals surface area (Å²) in [6.45, 7) is 7.87. The molecule has 12 heteroatoms. The number of rotatable bonds is 8. The lowest BCUT2D eigenvalue weighted by Gasteiger charge is -2.35. The van der Waals surface area contributed by atoms with E-state index in [-0.39, 0.29) is 42.2 Å². The number of para-hydroxylation sites is 1. The van der Waals surface area contributed by atoms with Crippen LogP contribution < -0.4 is 15.4 Å². The Kier molecular flexibility index (Phi) is 13.0. The lowest BCUT2D eigenvalue weighted by molar-refractivity contribution is -0.00833. The number of benzene rings is 3. The van der Waals surface area contributed by atoms with Crippen molar-refractivity contribution in [3.05, 3.63) is 83.9 Å². The molecule has 3 N–H and O–H groups in total. The molecule has 48 heavy (non-hydrogen) atoms. The van der Waals surface area contributed by atoms with E-state index in [0.717, 1.165) is 18.4 Å². The standard InChI is InChI=1S/C36H48N4O7S/c1-25-14-17-31(18-15-25)48(44,45)39(5)23-34-26(2)22-40(27(3)24-41)35(42)32-21-30(38-36(43)37-29-12-7-6-8-13-29)16-19-33(32)47-28(4)11-9-10-20-46-34/h6-8,12-19,21,26-28,34,41H,9-11,20,22-24H2,1-5H3,(H2,37,38,43)/t26-,27-,28+,34+/m1/s1. The number of sulfonamides is 1. The van der Waals surface area contributed by atoms with E-state index >= 15 is 0 Å². The van der Waals surface area contributed by atoms with Crippen molar-refractivity contribution in [2.45, 2.75) is 70.1 Å². The van der Waals surface area contributed by atoms with Gasteiger partial charge in [-0.1, -0.05) is 42.8 Å². The van der Waals surface area contributed by atoms with Gasteiger partial charge in [-0.2, -0.15) is 4.31 Å². The second-order valence-electron chi connectivity index (χ2n) is 12.6. The first-order valence-electron chi connectivity index (χ1n) is 16.4. The minimum atomic E-state index is -3.79. The molecule has 1 aliphatic heterocycles. The van der Waals surface area contributed by atoms with Crippen LogP contribution in [-0.4, -0.2) is 86.3 Å². The molecule has 0 bridgehead atoms. The number of anilines is 2. The van der Waals surface area contributed by atoms with Gasteiger partial charge in [0.05, 0.1) is 35.3 Å². The van der Waals surface area contributed by atoms with Gasteiger partial charge in [0, 0.05) is 44.0 Å². The van der Waals surface area contributed by atoms with Crippen LogP contribution in [-0.2, 0) is 14.8 Å². The summed E-state index contributed by atoms with van der Waals surface area (Å²) >= 11 is 0. The first-order chi connectivity index (χ1) is 22.9. The van der Waals surface area contributed by atoms with E-state index in [1.165, 1.54) is 11.4 Å². The van der Waals surface area contributed by atoms with Crippen LogP contribution in [0.4, 0.5) is 16.2 Å². The Morgan fingerprint density at radius 2 is 1.71 bits per heavy atom. The summed E-state index contributed by atoms with van der Waals surface area (Å²) in [5, 5.41) is 15.8. The van der Waals surface area contributed by atoms with Gasteiger partial charge >= 0.3 is 6.03 Å². The highest BCUT2D eigenvalue weighted by molar-refractivity contribution is 7.89. The van der Waals surface area contributed by atoms with Gasteiger partial charge in [0.15, 0.2) is 0 Å². The highest BCUT2D eigenvalue weighted by atomic mass is 32.2. The molecule has 4 atom stereocenters. The number of aliphatic hydroxyl groups excluding tert-OH is 1. The van der Waals surface area contributed by atoms with Gasteiger partial charge < -0.3 is 30.1 Å². The number of likely N-dealkylation sites (N-methyl/N-ethyl adjacent to an activating group) is 1. The first-order valence-corrected chi connectivity index (χ1v) is 17.8. The van der Waals surface area contributed by atoms with Crippen molar-refractivity contribution in [2.75, 3.05) is 44.0 Å². The summed E-state index contributed by atoms with van der Waals surface area (Å²) in [5.41, 5.74) is 2.21. The van der Waals surface area contributed by atoms with Crippen LogP contribution in [0.3, 0.4) is 0 Å². The summed E-state index contributed by atoms with van der Waals surface area (Å²) in [5.74, 6) is -0.338. The lowest BCUT2D eigenvalue weighted by atomic mass is 10.0. The number of aryl methyl sites for hydroxylation is 1. The van der Waals surface area contributed by atoms with Crippen molar-refractivity contribution in [1.29, 1.82) is 0 Å². The largest absolute Gasteiger partial charge is 0.490 e. The smallest absolute Gasteiger partial charge is 0.323 e. The zero-order chi connectivity index (χ0) is 34.8. The Balaban J connectivity index is 1.62. The number of carbonyl (C=O) groups is 2. The fraction of sp³-hybridized carbons (Fsp3) is 0.444. The average Bonchev–Trinajstić information content (AvgIpc) is 3.06. The number of carbonyl (C=O) groups excluding carboxylic acids is 2. The molecular weight excluding hydrogens is 632 g/mol. The van der Waals surface area contributed by atoms with Crippen molar-refractivity contribution >= 4 is 33.3 Å². The Morgan fingerprint density at radius 1 is 1.02 bits per heavy atom. The molecule has 0 saturated carbocycles. The summed E-state index contributed by atoms with van der Waals surface area (Å²) < 4.78 is 40.8. The van der Waals surface area contributed by atoms with Gasteiger partial charge in [-0.05, 0) is 82.5 Å². The van der Waals surface area contributed by atoms with Crippen molar-refractivity contribution in [3.8, 4) is 5.75 Å². The quantitative estimate of drug-likeness (QED) is 0.275. The third-order valence-corrected chi connectivity index (χ3v) is 10.3. The summed E-state index contributed by atoms with van der Waals surface area (Å²) in [4.78, 5) is 28.9. The van der Waals surface area contributed by atoms with Gasteiger partial charge in [0.1, 0.15) is 5.75 Å². The van der Waals surface area contributed by atoms with Gasteiger partial charge in [-0.25, -0.2) is 13.2 Å². The highest BCUT2D eigenvalue weighted by Crippen LogP contribution is 2.29. The summed E-state index contributed by atoms with van der Waals surface area (Å²) in [7, 11) is -2.25. The van der Waals surface area contributed by atoms with E-state index in [9.17, 15) is 23.1 Å². The van der Waals surface area contributed by atoms with Crippen LogP contribution >= 0.6 is 0 Å². The number of hydrogen-bond donors (Lipinski definition) is 3. The zero-order valence-electron chi connectivity index (χ0n) is 28.4. The number of ether oxygens (including phenoxy) is 2. The van der Waals surface area contributed by atoms with E-state index < -0.39 is 34.1 Å². The fourth-order valence-corrected chi connectivity index (χ4v) is 6.70. The van der Waals surface area contributed by atoms with Crippen molar-refractivity contribution in [2.24, 2.45) is 5.92 Å². The van der Waals surface area contributed by atoms with Crippen LogP contribution in [0.5, 0.6) is 5.75 Å². The number of nitrogens with zero attached hydrogens (tertiary/aromatic N) is 2. The van der Waals surface area contributed by atoms with Crippen molar-refractivity contribution < 1.29 is 32.6 Å². The van der Waals surface area contributed by atoms with Crippen molar-refractivity contribution in [1.82, 2.24) is 9.21 Å². The molecule has 1 aliphatic rings. The SMILES string of the molecule is Cc1ccc(S(=O)(=O)N(C)C[C@@H]2OCCCC[C@H](C)Oc3ccc(NC(=O)Nc4ccccc4)cc3C(=O)N([C@H](C)CO)C[C@H]2C)cc1. The number of fused-ring (bicyclic) bond motifs is 1. The van der Waals surface area contributed by atoms with Gasteiger partial charge in [-0.15, -0.1) is 0 Å². The minimum absolute atomic E-state index is 0.0770. The first kappa shape index (κ1) is 36.9. The molecule has 3 aromatic carbocycles. The molecule has 0 saturated heterocycles. The normalized spacial score (nSPS) is 20.3. The van der Waals surface area contributed by atoms with Gasteiger partial charge in [0.25, 0.3) is 5.91 Å². The van der Waals surface area contributed by atoms with E-state index in [4.69, 9.17) is 9.47 Å². The van der Waals surface area contributed by atoms with Crippen LogP contribution in [0.25, 0.3) is 0 Å². The molecule has 0 radical (unpaired) electrons. The third-order valence-electron chi connectivity index (χ3n) is 8.51. The molecule has 0 spiro atoms. The van der Waals surface area contributed by atoms with Gasteiger partial charge in [0.2, 0.25) is 10.0 Å². The molecule has 0 aliphatic carbocycles. The number of aliphatic hydroxyl groups is 1. The predicted octanol–water partition coefficient (Wildman–Crippen LogP) is 5.76. The average molecular weight is 681 g/mol. The predicted molar refractivity (Wildman–Crippen MR) is 187 cm³/mol. The van der Waals surface area contributed by atoms with Crippen LogP contribution in [0.2, 0.25) is 0 Å². The van der Waals surface area contributed by atoms with Gasteiger partial charge in [-0.3, -0.25) is 4.79 Å². The number of urea groups is 1. The lowest BCUT2D eigenvalue weighted by Crippen LogP contribution is -2.48. The Labute approximate surface area is 284 Å². The van der Waals surface area contributed by atoms with E-state index in [0.29, 0.717) is 30.2 Å². The maximum Gasteiger partial charge on any atom is 0.323 e. The maximum absolute atomic E-state index is 14.3. The molecule has 11 nitrogen and oxygen atoms in total. The summed E-state index contributed by atoms with van der Waals surface area (Å²) in [6.07, 6.45) is 1.49.